The second-order valence-corrected chi connectivity index (χ2v) is 18.9. The van der Waals surface area contributed by atoms with Gasteiger partial charge in [0, 0.05) is 43.1 Å². The Morgan fingerprint density at radius 1 is 0.544 bits per heavy atom. The van der Waals surface area contributed by atoms with Crippen LogP contribution in [0.1, 0.15) is 101 Å². The van der Waals surface area contributed by atoms with Crippen LogP contribution >= 0.6 is 0 Å². The first-order valence-corrected chi connectivity index (χ1v) is 20.2. The fourth-order valence-electron chi connectivity index (χ4n) is 8.33. The molecule has 8 rings (SSSR count). The number of rotatable bonds is 6. The van der Waals surface area contributed by atoms with Gasteiger partial charge in [-0.15, -0.1) is 0 Å². The molecule has 5 aromatic carbocycles. The van der Waals surface area contributed by atoms with Crippen LogP contribution in [-0.2, 0) is 21.7 Å². The zero-order valence-corrected chi connectivity index (χ0v) is 35.3. The first-order valence-electron chi connectivity index (χ1n) is 20.2. The molecule has 0 aliphatic carbocycles. The maximum Gasteiger partial charge on any atom is 0.129 e. The van der Waals surface area contributed by atoms with Crippen molar-refractivity contribution in [1.29, 1.82) is 0 Å². The Morgan fingerprint density at radius 2 is 1.12 bits per heavy atom. The Kier molecular flexibility index (Phi) is 9.34. The lowest BCUT2D eigenvalue weighted by molar-refractivity contribution is 0.479. The number of fused-ring (bicyclic) bond motifs is 2. The molecule has 0 atom stereocenters. The minimum atomic E-state index is -0.789. The molecular formula is C52H56N4O. The summed E-state index contributed by atoms with van der Waals surface area (Å²) in [5.41, 5.74) is 11.9. The zero-order valence-electron chi connectivity index (χ0n) is 35.3. The molecule has 57 heavy (non-hydrogen) atoms. The lowest BCUT2D eigenvalue weighted by Crippen LogP contribution is -2.39. The lowest BCUT2D eigenvalue weighted by atomic mass is 9.62. The van der Waals surface area contributed by atoms with E-state index in [1.807, 2.05) is 18.3 Å². The van der Waals surface area contributed by atoms with Gasteiger partial charge in [-0.2, -0.15) is 0 Å². The Morgan fingerprint density at radius 3 is 1.67 bits per heavy atom. The topological polar surface area (TPSA) is 31.8 Å². The van der Waals surface area contributed by atoms with Crippen molar-refractivity contribution in [2.24, 2.45) is 0 Å². The third-order valence-corrected chi connectivity index (χ3v) is 11.6. The van der Waals surface area contributed by atoms with E-state index in [1.54, 1.807) is 0 Å². The third kappa shape index (κ3) is 6.98. The summed E-state index contributed by atoms with van der Waals surface area (Å²) in [6.07, 6.45) is 6.13. The van der Waals surface area contributed by atoms with Crippen LogP contribution in [0.5, 0.6) is 11.5 Å². The van der Waals surface area contributed by atoms with E-state index in [0.717, 1.165) is 52.2 Å². The number of ether oxygens (including phenoxy) is 1. The lowest BCUT2D eigenvalue weighted by Gasteiger charge is -2.47. The van der Waals surface area contributed by atoms with E-state index in [-0.39, 0.29) is 16.2 Å². The molecule has 0 saturated carbocycles. The fraction of sp³-hybridized carbons (Fsp3) is 0.288. The second kappa shape index (κ2) is 14.0. The average Bonchev–Trinajstić information content (AvgIpc) is 3.62. The van der Waals surface area contributed by atoms with Crippen LogP contribution in [-0.4, -0.2) is 23.6 Å². The summed E-state index contributed by atoms with van der Waals surface area (Å²) in [5, 5.41) is 0. The van der Waals surface area contributed by atoms with Gasteiger partial charge in [-0.05, 0) is 110 Å². The number of hydrogen-bond donors (Lipinski definition) is 0. The van der Waals surface area contributed by atoms with E-state index in [4.69, 9.17) is 9.72 Å². The molecule has 0 amide bonds. The molecule has 2 aliphatic rings. The van der Waals surface area contributed by atoms with E-state index in [9.17, 15) is 0 Å². The Bertz CT molecular complexity index is 2380. The minimum Gasteiger partial charge on any atom is -0.457 e. The highest BCUT2D eigenvalue weighted by molar-refractivity contribution is 5.89. The summed E-state index contributed by atoms with van der Waals surface area (Å²) in [6.45, 7) is 21.4. The summed E-state index contributed by atoms with van der Waals surface area (Å²) in [6, 6.07) is 46.7. The Labute approximate surface area is 340 Å². The molecule has 1 aromatic heterocycles. The molecule has 0 spiro atoms. The molecule has 5 nitrogen and oxygen atoms in total. The van der Waals surface area contributed by atoms with Gasteiger partial charge in [0.2, 0.25) is 0 Å². The molecule has 0 fully saturated rings. The maximum absolute atomic E-state index is 6.78. The number of hydrogen-bond acceptors (Lipinski definition) is 5. The first kappa shape index (κ1) is 38.1. The Balaban J connectivity index is 1.40. The van der Waals surface area contributed by atoms with Gasteiger partial charge in [0.1, 0.15) is 11.5 Å². The third-order valence-electron chi connectivity index (χ3n) is 11.6. The highest BCUT2D eigenvalue weighted by atomic mass is 16.5. The van der Waals surface area contributed by atoms with Crippen LogP contribution < -0.4 is 14.5 Å². The number of anilines is 4. The monoisotopic (exact) mass is 752 g/mol. The summed E-state index contributed by atoms with van der Waals surface area (Å²) < 4.78 is 6.78. The van der Waals surface area contributed by atoms with Gasteiger partial charge in [-0.25, -0.2) is 0 Å². The van der Waals surface area contributed by atoms with Crippen molar-refractivity contribution in [3.8, 4) is 11.5 Å². The molecule has 0 radical (unpaired) electrons. The summed E-state index contributed by atoms with van der Waals surface area (Å²) in [5.74, 6) is 1.56. The number of pyridine rings is 1. The predicted molar refractivity (Wildman–Crippen MR) is 238 cm³/mol. The molecule has 0 unspecified atom stereocenters. The van der Waals surface area contributed by atoms with Crippen LogP contribution in [0.4, 0.5) is 22.7 Å². The van der Waals surface area contributed by atoms with Crippen molar-refractivity contribution in [3.63, 3.8) is 0 Å². The van der Waals surface area contributed by atoms with Crippen LogP contribution in [0, 0.1) is 0 Å². The van der Waals surface area contributed by atoms with Crippen molar-refractivity contribution >= 4 is 22.7 Å². The van der Waals surface area contributed by atoms with E-state index in [2.05, 4.69) is 212 Å². The van der Waals surface area contributed by atoms with Crippen LogP contribution in [0.15, 0.2) is 146 Å². The van der Waals surface area contributed by atoms with E-state index in [0.29, 0.717) is 0 Å². The van der Waals surface area contributed by atoms with Gasteiger partial charge < -0.3 is 19.4 Å². The maximum atomic E-state index is 6.78. The van der Waals surface area contributed by atoms with E-state index < -0.39 is 5.41 Å². The van der Waals surface area contributed by atoms with Gasteiger partial charge in [0.25, 0.3) is 0 Å². The molecule has 5 heteroatoms. The molecule has 3 heterocycles. The summed E-state index contributed by atoms with van der Waals surface area (Å²) >= 11 is 0. The van der Waals surface area contributed by atoms with Crippen molar-refractivity contribution in [2.75, 3.05) is 23.5 Å². The largest absolute Gasteiger partial charge is 0.457 e. The predicted octanol–water partition coefficient (Wildman–Crippen LogP) is 13.1. The van der Waals surface area contributed by atoms with Crippen molar-refractivity contribution in [2.45, 2.75) is 84.0 Å². The Hall–Kier alpha value is -5.81. The van der Waals surface area contributed by atoms with Gasteiger partial charge in [0.15, 0.2) is 0 Å². The molecule has 0 bridgehead atoms. The minimum absolute atomic E-state index is 0.0456. The first-order chi connectivity index (χ1) is 27.0. The zero-order chi connectivity index (χ0) is 40.3. The number of benzene rings is 5. The molecule has 0 N–H and O–H groups in total. The molecule has 6 aromatic rings. The van der Waals surface area contributed by atoms with Gasteiger partial charge in [-0.3, -0.25) is 4.98 Å². The van der Waals surface area contributed by atoms with Crippen molar-refractivity contribution in [3.05, 3.63) is 185 Å². The van der Waals surface area contributed by atoms with Crippen molar-refractivity contribution < 1.29 is 4.74 Å². The van der Waals surface area contributed by atoms with Crippen LogP contribution in [0.2, 0.25) is 0 Å². The smallest absolute Gasteiger partial charge is 0.129 e. The molecule has 0 saturated heterocycles. The van der Waals surface area contributed by atoms with Gasteiger partial charge >= 0.3 is 0 Å². The van der Waals surface area contributed by atoms with Crippen LogP contribution in [0.25, 0.3) is 0 Å². The summed E-state index contributed by atoms with van der Waals surface area (Å²) in [7, 11) is 2.08. The second-order valence-electron chi connectivity index (χ2n) is 18.9. The SMILES string of the molecule is CN1C=CN(c2cccc(Oc3cccc(C4(c5ccccn5)c5cc(C(C)(C)C)ccc5N(c5ccc(C(C)(C)C)cc5)c5ccc(C(C)(C)C)cc54)c3)c2)C1. The quantitative estimate of drug-likeness (QED) is 0.169. The van der Waals surface area contributed by atoms with Gasteiger partial charge in [0.05, 0.1) is 29.2 Å². The fourth-order valence-corrected chi connectivity index (χ4v) is 8.33. The highest BCUT2D eigenvalue weighted by Gasteiger charge is 2.48. The van der Waals surface area contributed by atoms with E-state index >= 15 is 0 Å². The van der Waals surface area contributed by atoms with E-state index in [1.165, 1.54) is 27.8 Å². The molecule has 2 aliphatic heterocycles. The van der Waals surface area contributed by atoms with Crippen LogP contribution in [0.3, 0.4) is 0 Å². The standard InChI is InChI=1S/C52H56N4O/c1-49(2,3)36-20-24-40(25-21-36)56-46-26-22-37(50(4,5)6)32-44(46)52(48-19-11-12-28-53-48,45-33-38(51(7,8)9)23-27-47(45)56)39-15-13-17-42(31-39)57-43-18-14-16-41(34-43)55-30-29-54(10)35-55/h11-34H,35H2,1-10H3. The highest BCUT2D eigenvalue weighted by Crippen LogP contribution is 2.59. The normalized spacial score (nSPS) is 15.1. The summed E-state index contributed by atoms with van der Waals surface area (Å²) in [4.78, 5) is 12.1. The number of aromatic nitrogens is 1. The van der Waals surface area contributed by atoms with Gasteiger partial charge in [-0.1, -0.05) is 123 Å². The number of nitrogens with zero attached hydrogens (tertiary/aromatic N) is 4. The van der Waals surface area contributed by atoms with Crippen molar-refractivity contribution in [1.82, 2.24) is 9.88 Å². The average molecular weight is 753 g/mol. The molecule has 290 valence electrons. The molecular weight excluding hydrogens is 697 g/mol.